The minimum atomic E-state index is -0.0280. The Hall–Kier alpha value is -1.92. The summed E-state index contributed by atoms with van der Waals surface area (Å²) in [5.41, 5.74) is 6.67. The van der Waals surface area contributed by atoms with E-state index in [0.29, 0.717) is 18.5 Å². The number of nitrogens with zero attached hydrogens (tertiary/aromatic N) is 4. The largest absolute Gasteiger partial charge is 0.384 e. The maximum Gasteiger partial charge on any atom is 0.123 e. The second-order valence-corrected chi connectivity index (χ2v) is 5.93. The van der Waals surface area contributed by atoms with E-state index in [9.17, 15) is 0 Å². The summed E-state index contributed by atoms with van der Waals surface area (Å²) in [6.07, 6.45) is 3.88. The van der Waals surface area contributed by atoms with Gasteiger partial charge in [-0.1, -0.05) is 6.07 Å². The van der Waals surface area contributed by atoms with Gasteiger partial charge in [0.15, 0.2) is 0 Å². The average molecular weight is 301 g/mol. The van der Waals surface area contributed by atoms with Gasteiger partial charge in [0.1, 0.15) is 17.7 Å². The van der Waals surface area contributed by atoms with Crippen LogP contribution in [-0.2, 0) is 11.3 Å². The molecular formula is C16H23N5O. The molecule has 1 atom stereocenters. The molecule has 2 aromatic rings. The lowest BCUT2D eigenvalue weighted by molar-refractivity contribution is -0.0360. The minimum Gasteiger partial charge on any atom is -0.384 e. The smallest absolute Gasteiger partial charge is 0.123 e. The molecule has 0 unspecified atom stereocenters. The molecule has 3 rings (SSSR count). The van der Waals surface area contributed by atoms with E-state index in [1.54, 1.807) is 6.07 Å². The van der Waals surface area contributed by atoms with E-state index in [4.69, 9.17) is 10.5 Å². The van der Waals surface area contributed by atoms with Crippen LogP contribution in [0.3, 0.4) is 0 Å². The Balaban J connectivity index is 1.69. The first-order valence-electron chi connectivity index (χ1n) is 7.71. The van der Waals surface area contributed by atoms with Crippen molar-refractivity contribution in [1.82, 2.24) is 19.4 Å². The Labute approximate surface area is 130 Å². The van der Waals surface area contributed by atoms with Gasteiger partial charge in [0.25, 0.3) is 0 Å². The number of pyridine rings is 1. The van der Waals surface area contributed by atoms with Crippen molar-refractivity contribution in [3.8, 4) is 0 Å². The predicted molar refractivity (Wildman–Crippen MR) is 85.2 cm³/mol. The Morgan fingerprint density at radius 1 is 1.41 bits per heavy atom. The zero-order valence-electron chi connectivity index (χ0n) is 13.1. The van der Waals surface area contributed by atoms with E-state index in [-0.39, 0.29) is 6.10 Å². The molecule has 118 valence electrons. The summed E-state index contributed by atoms with van der Waals surface area (Å²) in [5.74, 6) is 1.63. The van der Waals surface area contributed by atoms with Crippen LogP contribution in [0.15, 0.2) is 30.6 Å². The molecule has 1 aliphatic heterocycles. The number of hydrogen-bond donors (Lipinski definition) is 1. The van der Waals surface area contributed by atoms with Gasteiger partial charge in [0.05, 0.1) is 18.8 Å². The zero-order valence-corrected chi connectivity index (χ0v) is 13.1. The molecule has 2 N–H and O–H groups in total. The fourth-order valence-corrected chi connectivity index (χ4v) is 2.81. The predicted octanol–water partition coefficient (Wildman–Crippen LogP) is 2.01. The van der Waals surface area contributed by atoms with E-state index < -0.39 is 0 Å². The van der Waals surface area contributed by atoms with Crippen LogP contribution in [0.5, 0.6) is 0 Å². The standard InChI is InChI=1S/C16H23N5O/c1-12(2)21-7-6-18-16(21)11-20-8-9-22-14(10-20)13-4-3-5-15(17)19-13/h3-7,12,14H,8-11H2,1-2H3,(H2,17,19)/t14-/m1/s1. The van der Waals surface area contributed by atoms with Gasteiger partial charge in [0.2, 0.25) is 0 Å². The quantitative estimate of drug-likeness (QED) is 0.935. The Morgan fingerprint density at radius 3 is 3.05 bits per heavy atom. The lowest BCUT2D eigenvalue weighted by Crippen LogP contribution is -2.38. The molecule has 1 fully saturated rings. The van der Waals surface area contributed by atoms with Crippen LogP contribution >= 0.6 is 0 Å². The van der Waals surface area contributed by atoms with Gasteiger partial charge in [-0.3, -0.25) is 4.90 Å². The molecule has 0 saturated carbocycles. The highest BCUT2D eigenvalue weighted by Crippen LogP contribution is 2.22. The van der Waals surface area contributed by atoms with Crippen LogP contribution in [0.25, 0.3) is 0 Å². The topological polar surface area (TPSA) is 69.2 Å². The maximum absolute atomic E-state index is 5.86. The van der Waals surface area contributed by atoms with Crippen LogP contribution < -0.4 is 5.73 Å². The number of ether oxygens (including phenoxy) is 1. The van der Waals surface area contributed by atoms with Crippen molar-refractivity contribution in [2.45, 2.75) is 32.5 Å². The van der Waals surface area contributed by atoms with Crippen molar-refractivity contribution >= 4 is 5.82 Å². The molecule has 0 spiro atoms. The average Bonchev–Trinajstić information content (AvgIpc) is 2.96. The van der Waals surface area contributed by atoms with E-state index >= 15 is 0 Å². The third-order valence-corrected chi connectivity index (χ3v) is 3.94. The summed E-state index contributed by atoms with van der Waals surface area (Å²) in [4.78, 5) is 11.2. The van der Waals surface area contributed by atoms with Crippen molar-refractivity contribution < 1.29 is 4.74 Å². The SMILES string of the molecule is CC(C)n1ccnc1CN1CCO[C@@H](c2cccc(N)n2)C1. The van der Waals surface area contributed by atoms with Crippen LogP contribution in [0, 0.1) is 0 Å². The van der Waals surface area contributed by atoms with Crippen molar-refractivity contribution in [3.05, 3.63) is 42.1 Å². The highest BCUT2D eigenvalue weighted by molar-refractivity contribution is 5.29. The summed E-state index contributed by atoms with van der Waals surface area (Å²) in [6, 6.07) is 6.11. The van der Waals surface area contributed by atoms with Gasteiger partial charge in [-0.15, -0.1) is 0 Å². The first-order valence-corrected chi connectivity index (χ1v) is 7.71. The number of imidazole rings is 1. The highest BCUT2D eigenvalue weighted by Gasteiger charge is 2.24. The summed E-state index contributed by atoms with van der Waals surface area (Å²) in [6.45, 7) is 7.58. The minimum absolute atomic E-state index is 0.0280. The Kier molecular flexibility index (Phi) is 4.40. The molecule has 1 saturated heterocycles. The molecule has 22 heavy (non-hydrogen) atoms. The van der Waals surface area contributed by atoms with Crippen LogP contribution in [0.4, 0.5) is 5.82 Å². The summed E-state index contributed by atoms with van der Waals surface area (Å²) in [5, 5.41) is 0. The second kappa shape index (κ2) is 6.46. The number of nitrogen functional groups attached to an aromatic ring is 1. The fraction of sp³-hybridized carbons (Fsp3) is 0.500. The monoisotopic (exact) mass is 301 g/mol. The number of nitrogens with two attached hydrogens (primary N) is 1. The number of aromatic nitrogens is 3. The first-order chi connectivity index (χ1) is 10.6. The molecule has 3 heterocycles. The Morgan fingerprint density at radius 2 is 2.27 bits per heavy atom. The molecule has 0 amide bonds. The molecule has 6 nitrogen and oxygen atoms in total. The van der Waals surface area contributed by atoms with Crippen molar-refractivity contribution in [2.24, 2.45) is 0 Å². The highest BCUT2D eigenvalue weighted by atomic mass is 16.5. The number of morpholine rings is 1. The van der Waals surface area contributed by atoms with Crippen molar-refractivity contribution in [3.63, 3.8) is 0 Å². The van der Waals surface area contributed by atoms with E-state index in [2.05, 4.69) is 33.3 Å². The molecular weight excluding hydrogens is 278 g/mol. The maximum atomic E-state index is 5.86. The number of rotatable bonds is 4. The van der Waals surface area contributed by atoms with Crippen LogP contribution in [0.1, 0.15) is 37.5 Å². The lowest BCUT2D eigenvalue weighted by Gasteiger charge is -2.32. The van der Waals surface area contributed by atoms with Gasteiger partial charge in [-0.05, 0) is 26.0 Å². The third kappa shape index (κ3) is 3.28. The molecule has 2 aromatic heterocycles. The van der Waals surface area contributed by atoms with Gasteiger partial charge in [0, 0.05) is 31.5 Å². The van der Waals surface area contributed by atoms with Gasteiger partial charge >= 0.3 is 0 Å². The molecule has 0 aromatic carbocycles. The van der Waals surface area contributed by atoms with Gasteiger partial charge in [-0.2, -0.15) is 0 Å². The van der Waals surface area contributed by atoms with Gasteiger partial charge in [-0.25, -0.2) is 9.97 Å². The summed E-state index contributed by atoms with van der Waals surface area (Å²) >= 11 is 0. The molecule has 0 radical (unpaired) electrons. The molecule has 6 heteroatoms. The summed E-state index contributed by atoms with van der Waals surface area (Å²) < 4.78 is 8.07. The number of anilines is 1. The lowest BCUT2D eigenvalue weighted by atomic mass is 10.2. The summed E-state index contributed by atoms with van der Waals surface area (Å²) in [7, 11) is 0. The van der Waals surface area contributed by atoms with E-state index in [0.717, 1.165) is 31.2 Å². The van der Waals surface area contributed by atoms with E-state index in [1.807, 2.05) is 24.5 Å². The normalized spacial score (nSPS) is 19.7. The van der Waals surface area contributed by atoms with Crippen LogP contribution in [0.2, 0.25) is 0 Å². The second-order valence-electron chi connectivity index (χ2n) is 5.93. The Bertz CT molecular complexity index is 625. The fourth-order valence-electron chi connectivity index (χ4n) is 2.81. The third-order valence-electron chi connectivity index (χ3n) is 3.94. The van der Waals surface area contributed by atoms with Crippen molar-refractivity contribution in [2.75, 3.05) is 25.4 Å². The van der Waals surface area contributed by atoms with E-state index in [1.165, 1.54) is 0 Å². The molecule has 1 aliphatic rings. The molecule has 0 bridgehead atoms. The van der Waals surface area contributed by atoms with Crippen LogP contribution in [-0.4, -0.2) is 39.1 Å². The van der Waals surface area contributed by atoms with Crippen molar-refractivity contribution in [1.29, 1.82) is 0 Å². The number of hydrogen-bond acceptors (Lipinski definition) is 5. The first kappa shape index (κ1) is 15.0. The zero-order chi connectivity index (χ0) is 15.5. The molecule has 0 aliphatic carbocycles. The van der Waals surface area contributed by atoms with Gasteiger partial charge < -0.3 is 15.0 Å².